The van der Waals surface area contributed by atoms with Crippen molar-refractivity contribution >= 4 is 15.9 Å². The van der Waals surface area contributed by atoms with E-state index in [0.717, 1.165) is 21.5 Å². The Kier molecular flexibility index (Phi) is 4.29. The largest absolute Gasteiger partial charge is 0.496 e. The van der Waals surface area contributed by atoms with Crippen LogP contribution in [-0.4, -0.2) is 21.0 Å². The maximum Gasteiger partial charge on any atom is 0.231 e. The average Bonchev–Trinajstić information content (AvgIpc) is 2.99. The van der Waals surface area contributed by atoms with E-state index in [1.807, 2.05) is 24.3 Å². The van der Waals surface area contributed by atoms with Crippen molar-refractivity contribution in [2.45, 2.75) is 6.61 Å². The lowest BCUT2D eigenvalue weighted by Gasteiger charge is -2.11. The van der Waals surface area contributed by atoms with E-state index < -0.39 is 0 Å². The summed E-state index contributed by atoms with van der Waals surface area (Å²) in [6.07, 6.45) is 0. The zero-order valence-corrected chi connectivity index (χ0v) is 13.8. The molecule has 0 spiro atoms. The van der Waals surface area contributed by atoms with Crippen LogP contribution in [0.5, 0.6) is 28.7 Å². The third-order valence-corrected chi connectivity index (χ3v) is 4.00. The average molecular weight is 367 g/mol. The molecule has 22 heavy (non-hydrogen) atoms. The van der Waals surface area contributed by atoms with Crippen molar-refractivity contribution in [3.63, 3.8) is 0 Å². The van der Waals surface area contributed by atoms with Gasteiger partial charge in [0, 0.05) is 28.2 Å². The molecule has 0 saturated heterocycles. The topological polar surface area (TPSA) is 46.2 Å². The fourth-order valence-corrected chi connectivity index (χ4v) is 2.53. The Morgan fingerprint density at radius 2 is 1.50 bits per heavy atom. The Bertz CT molecular complexity index is 664. The van der Waals surface area contributed by atoms with Gasteiger partial charge in [0.15, 0.2) is 11.5 Å². The van der Waals surface area contributed by atoms with Crippen LogP contribution in [0.3, 0.4) is 0 Å². The number of hydrogen-bond acceptors (Lipinski definition) is 5. The second-order valence-electron chi connectivity index (χ2n) is 4.63. The molecule has 116 valence electrons. The molecule has 3 rings (SSSR count). The summed E-state index contributed by atoms with van der Waals surface area (Å²) >= 11 is 3.51. The number of hydrogen-bond donors (Lipinski definition) is 0. The Labute approximate surface area is 136 Å². The van der Waals surface area contributed by atoms with Gasteiger partial charge >= 0.3 is 0 Å². The van der Waals surface area contributed by atoms with Crippen molar-refractivity contribution in [3.05, 3.63) is 40.4 Å². The Morgan fingerprint density at radius 1 is 0.909 bits per heavy atom. The fourth-order valence-electron chi connectivity index (χ4n) is 2.10. The number of fused-ring (bicyclic) bond motifs is 1. The molecule has 0 atom stereocenters. The maximum atomic E-state index is 5.83. The first kappa shape index (κ1) is 14.8. The summed E-state index contributed by atoms with van der Waals surface area (Å²) in [5, 5.41) is 0. The van der Waals surface area contributed by atoms with Crippen LogP contribution in [0.1, 0.15) is 5.56 Å². The summed E-state index contributed by atoms with van der Waals surface area (Å²) < 4.78 is 27.9. The molecule has 0 bridgehead atoms. The molecule has 0 N–H and O–H groups in total. The molecule has 5 nitrogen and oxygen atoms in total. The van der Waals surface area contributed by atoms with Crippen LogP contribution >= 0.6 is 15.9 Å². The number of methoxy groups -OCH3 is 2. The van der Waals surface area contributed by atoms with Gasteiger partial charge in [-0.05, 0) is 12.1 Å². The molecule has 0 radical (unpaired) electrons. The van der Waals surface area contributed by atoms with E-state index in [9.17, 15) is 0 Å². The second-order valence-corrected chi connectivity index (χ2v) is 5.49. The van der Waals surface area contributed by atoms with Crippen LogP contribution < -0.4 is 23.7 Å². The highest BCUT2D eigenvalue weighted by molar-refractivity contribution is 9.10. The summed E-state index contributed by atoms with van der Waals surface area (Å²) in [4.78, 5) is 0. The monoisotopic (exact) mass is 366 g/mol. The van der Waals surface area contributed by atoms with Crippen LogP contribution in [0.4, 0.5) is 0 Å². The lowest BCUT2D eigenvalue weighted by atomic mass is 10.2. The molecule has 6 heteroatoms. The third kappa shape index (κ3) is 3.06. The zero-order chi connectivity index (χ0) is 15.5. The molecule has 0 fully saturated rings. The normalized spacial score (nSPS) is 12.1. The minimum absolute atomic E-state index is 0.249. The van der Waals surface area contributed by atoms with Gasteiger partial charge in [0.2, 0.25) is 6.79 Å². The predicted octanol–water partition coefficient (Wildman–Crippen LogP) is 3.77. The summed E-state index contributed by atoms with van der Waals surface area (Å²) in [5.74, 6) is 3.49. The van der Waals surface area contributed by atoms with E-state index in [2.05, 4.69) is 15.9 Å². The first-order chi connectivity index (χ1) is 10.7. The van der Waals surface area contributed by atoms with Crippen LogP contribution in [-0.2, 0) is 6.61 Å². The van der Waals surface area contributed by atoms with E-state index in [1.165, 1.54) is 0 Å². The number of rotatable bonds is 5. The lowest BCUT2D eigenvalue weighted by molar-refractivity contribution is 0.174. The van der Waals surface area contributed by atoms with Crippen molar-refractivity contribution in [3.8, 4) is 28.7 Å². The highest BCUT2D eigenvalue weighted by atomic mass is 79.9. The Hall–Kier alpha value is -2.08. The summed E-state index contributed by atoms with van der Waals surface area (Å²) in [6, 6.07) is 9.20. The first-order valence-corrected chi connectivity index (χ1v) is 7.43. The van der Waals surface area contributed by atoms with E-state index in [-0.39, 0.29) is 6.79 Å². The van der Waals surface area contributed by atoms with Gasteiger partial charge in [0.1, 0.15) is 23.9 Å². The predicted molar refractivity (Wildman–Crippen MR) is 84.1 cm³/mol. The molecule has 2 aromatic carbocycles. The van der Waals surface area contributed by atoms with Gasteiger partial charge in [-0.25, -0.2) is 0 Å². The maximum absolute atomic E-state index is 5.83. The minimum Gasteiger partial charge on any atom is -0.496 e. The molecule has 1 heterocycles. The second kappa shape index (κ2) is 6.36. The first-order valence-electron chi connectivity index (χ1n) is 6.63. The third-order valence-electron chi connectivity index (χ3n) is 3.26. The van der Waals surface area contributed by atoms with Crippen LogP contribution in [0, 0.1) is 0 Å². The SMILES string of the molecule is COc1cc(OC)cc(OCc2cc3c(cc2Br)OCO3)c1. The molecular formula is C16H15BrO5. The molecule has 1 aliphatic rings. The Morgan fingerprint density at radius 3 is 2.14 bits per heavy atom. The van der Waals surface area contributed by atoms with Crippen molar-refractivity contribution in [1.29, 1.82) is 0 Å². The molecule has 0 unspecified atom stereocenters. The van der Waals surface area contributed by atoms with Crippen LogP contribution in [0.25, 0.3) is 0 Å². The standard InChI is InChI=1S/C16H15BrO5/c1-18-11-4-12(19-2)6-13(5-11)20-8-10-3-15-16(7-14(10)17)22-9-21-15/h3-7H,8-9H2,1-2H3. The van der Waals surface area contributed by atoms with Crippen LogP contribution in [0.2, 0.25) is 0 Å². The molecule has 2 aromatic rings. The zero-order valence-electron chi connectivity index (χ0n) is 12.2. The molecule has 0 aromatic heterocycles. The molecule has 0 aliphatic carbocycles. The van der Waals surface area contributed by atoms with Crippen molar-refractivity contribution in [2.75, 3.05) is 21.0 Å². The van der Waals surface area contributed by atoms with Gasteiger partial charge in [-0.1, -0.05) is 15.9 Å². The van der Waals surface area contributed by atoms with Crippen molar-refractivity contribution in [2.24, 2.45) is 0 Å². The minimum atomic E-state index is 0.249. The molecular weight excluding hydrogens is 352 g/mol. The molecule has 0 amide bonds. The van der Waals surface area contributed by atoms with E-state index >= 15 is 0 Å². The number of halogens is 1. The van der Waals surface area contributed by atoms with Crippen molar-refractivity contribution < 1.29 is 23.7 Å². The van der Waals surface area contributed by atoms with Crippen molar-refractivity contribution in [1.82, 2.24) is 0 Å². The highest BCUT2D eigenvalue weighted by Crippen LogP contribution is 2.37. The fraction of sp³-hybridized carbons (Fsp3) is 0.250. The Balaban J connectivity index is 1.78. The van der Waals surface area contributed by atoms with Crippen LogP contribution in [0.15, 0.2) is 34.8 Å². The van der Waals surface area contributed by atoms with Gasteiger partial charge in [-0.2, -0.15) is 0 Å². The summed E-state index contributed by atoms with van der Waals surface area (Å²) in [6.45, 7) is 0.632. The summed E-state index contributed by atoms with van der Waals surface area (Å²) in [7, 11) is 3.21. The quantitative estimate of drug-likeness (QED) is 0.805. The van der Waals surface area contributed by atoms with E-state index in [0.29, 0.717) is 23.9 Å². The molecule has 1 aliphatic heterocycles. The van der Waals surface area contributed by atoms with E-state index in [4.69, 9.17) is 23.7 Å². The lowest BCUT2D eigenvalue weighted by Crippen LogP contribution is -1.98. The van der Waals surface area contributed by atoms with E-state index in [1.54, 1.807) is 20.3 Å². The smallest absolute Gasteiger partial charge is 0.231 e. The van der Waals surface area contributed by atoms with Gasteiger partial charge < -0.3 is 23.7 Å². The van der Waals surface area contributed by atoms with Gasteiger partial charge in [0.25, 0.3) is 0 Å². The van der Waals surface area contributed by atoms with Gasteiger partial charge in [-0.15, -0.1) is 0 Å². The molecule has 0 saturated carbocycles. The van der Waals surface area contributed by atoms with Gasteiger partial charge in [0.05, 0.1) is 14.2 Å². The summed E-state index contributed by atoms with van der Waals surface area (Å²) in [5.41, 5.74) is 0.964. The highest BCUT2D eigenvalue weighted by Gasteiger charge is 2.16. The number of benzene rings is 2. The number of ether oxygens (including phenoxy) is 5. The van der Waals surface area contributed by atoms with Gasteiger partial charge in [-0.3, -0.25) is 0 Å².